The Balaban J connectivity index is 1.64. The van der Waals surface area contributed by atoms with Gasteiger partial charge in [-0.25, -0.2) is 9.79 Å². The predicted octanol–water partition coefficient (Wildman–Crippen LogP) is 6.09. The number of thioether (sulfide) groups is 1. The highest BCUT2D eigenvalue weighted by Gasteiger charge is 2.33. The average molecular weight is 586 g/mol. The molecule has 1 aliphatic heterocycles. The number of nitrogens with zero attached hydrogens (tertiary/aromatic N) is 2. The molecule has 0 spiro atoms. The van der Waals surface area contributed by atoms with Crippen molar-refractivity contribution in [2.75, 3.05) is 12.9 Å². The van der Waals surface area contributed by atoms with Crippen molar-refractivity contribution < 1.29 is 13.9 Å². The van der Waals surface area contributed by atoms with E-state index in [0.717, 1.165) is 10.5 Å². The van der Waals surface area contributed by atoms with E-state index in [1.165, 1.54) is 11.3 Å². The van der Waals surface area contributed by atoms with Crippen LogP contribution in [0.1, 0.15) is 31.2 Å². The number of allylic oxidation sites excluding steroid dienone is 1. The maximum atomic E-state index is 13.8. The van der Waals surface area contributed by atoms with Gasteiger partial charge in [0.05, 0.1) is 33.5 Å². The first-order valence-electron chi connectivity index (χ1n) is 11.7. The van der Waals surface area contributed by atoms with Crippen LogP contribution in [0.4, 0.5) is 0 Å². The van der Waals surface area contributed by atoms with Gasteiger partial charge in [-0.1, -0.05) is 46.7 Å². The molecule has 38 heavy (non-hydrogen) atoms. The summed E-state index contributed by atoms with van der Waals surface area (Å²) in [7, 11) is 0. The van der Waals surface area contributed by atoms with Crippen LogP contribution in [0, 0.1) is 0 Å². The van der Waals surface area contributed by atoms with E-state index in [1.807, 2.05) is 30.5 Å². The maximum absolute atomic E-state index is 13.8. The summed E-state index contributed by atoms with van der Waals surface area (Å²) < 4.78 is 13.3. The Kier molecular flexibility index (Phi) is 7.68. The van der Waals surface area contributed by atoms with Gasteiger partial charge >= 0.3 is 5.97 Å². The lowest BCUT2D eigenvalue weighted by Crippen LogP contribution is -2.39. The molecule has 6 nitrogen and oxygen atoms in total. The van der Waals surface area contributed by atoms with Crippen LogP contribution in [0.15, 0.2) is 85.0 Å². The minimum absolute atomic E-state index is 0.218. The van der Waals surface area contributed by atoms with E-state index < -0.39 is 12.0 Å². The van der Waals surface area contributed by atoms with Gasteiger partial charge in [-0.2, -0.15) is 0 Å². The molecular weight excluding hydrogens is 563 g/mol. The number of carbonyl (C=O) groups is 1. The number of ether oxygens (including phenoxy) is 1. The summed E-state index contributed by atoms with van der Waals surface area (Å²) in [5.41, 5.74) is 2.04. The second kappa shape index (κ2) is 11.0. The van der Waals surface area contributed by atoms with E-state index in [4.69, 9.17) is 32.4 Å². The monoisotopic (exact) mass is 584 g/mol. The van der Waals surface area contributed by atoms with Gasteiger partial charge in [0.2, 0.25) is 0 Å². The third kappa shape index (κ3) is 5.01. The lowest BCUT2D eigenvalue weighted by molar-refractivity contribution is -0.139. The molecule has 0 radical (unpaired) electrons. The lowest BCUT2D eigenvalue weighted by Gasteiger charge is -2.24. The minimum atomic E-state index is -0.666. The van der Waals surface area contributed by atoms with Crippen LogP contribution in [-0.4, -0.2) is 23.4 Å². The molecule has 4 aromatic rings. The Hall–Kier alpha value is -3.04. The number of esters is 1. The molecule has 0 saturated heterocycles. The summed E-state index contributed by atoms with van der Waals surface area (Å²) in [6.07, 6.45) is 3.66. The molecule has 2 aromatic carbocycles. The van der Waals surface area contributed by atoms with Gasteiger partial charge in [0, 0.05) is 21.6 Å². The Bertz CT molecular complexity index is 1750. The van der Waals surface area contributed by atoms with Crippen molar-refractivity contribution in [1.29, 1.82) is 0 Å². The molecule has 1 unspecified atom stereocenters. The number of furan rings is 1. The summed E-state index contributed by atoms with van der Waals surface area (Å²) in [4.78, 5) is 33.0. The van der Waals surface area contributed by atoms with Crippen molar-refractivity contribution in [2.45, 2.75) is 24.8 Å². The minimum Gasteiger partial charge on any atom is -0.463 e. The number of aromatic nitrogens is 1. The van der Waals surface area contributed by atoms with E-state index in [0.29, 0.717) is 47.7 Å². The number of halogens is 2. The third-order valence-electron chi connectivity index (χ3n) is 6.04. The van der Waals surface area contributed by atoms with Crippen LogP contribution in [-0.2, 0) is 9.53 Å². The molecule has 194 valence electrons. The van der Waals surface area contributed by atoms with Crippen LogP contribution in [0.5, 0.6) is 0 Å². The van der Waals surface area contributed by atoms with Gasteiger partial charge in [0.25, 0.3) is 5.56 Å². The summed E-state index contributed by atoms with van der Waals surface area (Å²) >= 11 is 15.3. The lowest BCUT2D eigenvalue weighted by atomic mass is 9.96. The quantitative estimate of drug-likeness (QED) is 0.202. The first-order chi connectivity index (χ1) is 18.3. The highest BCUT2D eigenvalue weighted by atomic mass is 35.5. The molecule has 1 aliphatic rings. The fraction of sp³-hybridized carbons (Fsp3) is 0.179. The van der Waals surface area contributed by atoms with Crippen LogP contribution < -0.4 is 14.9 Å². The molecule has 0 aliphatic carbocycles. The summed E-state index contributed by atoms with van der Waals surface area (Å²) in [5, 5.41) is 1.04. The number of fused-ring (bicyclic) bond motifs is 1. The highest BCUT2D eigenvalue weighted by molar-refractivity contribution is 7.98. The Morgan fingerprint density at radius 2 is 1.95 bits per heavy atom. The van der Waals surface area contributed by atoms with Gasteiger partial charge in [-0.3, -0.25) is 9.36 Å². The molecule has 10 heteroatoms. The fourth-order valence-electron chi connectivity index (χ4n) is 4.28. The number of benzene rings is 2. The molecule has 0 saturated carbocycles. The number of thiazole rings is 1. The van der Waals surface area contributed by atoms with Gasteiger partial charge in [-0.05, 0) is 68.1 Å². The van der Waals surface area contributed by atoms with Gasteiger partial charge < -0.3 is 9.15 Å². The summed E-state index contributed by atoms with van der Waals surface area (Å²) in [6, 6.07) is 15.8. The Morgan fingerprint density at radius 3 is 2.66 bits per heavy atom. The second-order valence-electron chi connectivity index (χ2n) is 8.40. The van der Waals surface area contributed by atoms with Crippen LogP contribution >= 0.6 is 46.3 Å². The molecule has 5 rings (SSSR count). The number of hydrogen-bond acceptors (Lipinski definition) is 7. The van der Waals surface area contributed by atoms with E-state index >= 15 is 0 Å². The van der Waals surface area contributed by atoms with Crippen molar-refractivity contribution >= 4 is 58.3 Å². The van der Waals surface area contributed by atoms with Crippen molar-refractivity contribution in [2.24, 2.45) is 4.99 Å². The number of carbonyl (C=O) groups excluding carboxylic acids is 1. The standard InChI is InChI=1S/C28H22Cl2N2O4S2/c1-4-35-27(34)24-15(2)31-28-32(25(24)16-5-9-19(37-3)10-6-16)26(33)23(38-28)14-18-8-12-22(36-18)20-13-17(29)7-11-21(20)30/h5-14,25H,4H2,1-3H3/b23-14-. The Labute approximate surface area is 236 Å². The zero-order chi connectivity index (χ0) is 27.0. The SMILES string of the molecule is CCOC(=O)C1=C(C)N=c2s/c(=C\c3ccc(-c4cc(Cl)ccc4Cl)o3)c(=O)n2C1c1ccc(SC)cc1. The van der Waals surface area contributed by atoms with Gasteiger partial charge in [-0.15, -0.1) is 11.8 Å². The highest BCUT2D eigenvalue weighted by Crippen LogP contribution is 2.33. The number of hydrogen-bond donors (Lipinski definition) is 0. The van der Waals surface area contributed by atoms with E-state index in [9.17, 15) is 9.59 Å². The number of rotatable bonds is 6. The molecule has 0 amide bonds. The predicted molar refractivity (Wildman–Crippen MR) is 153 cm³/mol. The molecule has 3 heterocycles. The average Bonchev–Trinajstić information content (AvgIpc) is 3.49. The van der Waals surface area contributed by atoms with Crippen LogP contribution in [0.3, 0.4) is 0 Å². The van der Waals surface area contributed by atoms with Gasteiger partial charge in [0.1, 0.15) is 11.5 Å². The van der Waals surface area contributed by atoms with Crippen molar-refractivity contribution in [3.63, 3.8) is 0 Å². The maximum Gasteiger partial charge on any atom is 0.338 e. The zero-order valence-electron chi connectivity index (χ0n) is 20.7. The van der Waals surface area contributed by atoms with E-state index in [2.05, 4.69) is 4.99 Å². The van der Waals surface area contributed by atoms with Crippen molar-refractivity contribution in [3.8, 4) is 11.3 Å². The van der Waals surface area contributed by atoms with Crippen molar-refractivity contribution in [3.05, 3.63) is 107 Å². The molecular formula is C28H22Cl2N2O4S2. The normalized spacial score (nSPS) is 15.4. The molecule has 2 aromatic heterocycles. The largest absolute Gasteiger partial charge is 0.463 e. The van der Waals surface area contributed by atoms with Crippen LogP contribution in [0.25, 0.3) is 17.4 Å². The third-order valence-corrected chi connectivity index (χ3v) is 8.33. The summed E-state index contributed by atoms with van der Waals surface area (Å²) in [6.45, 7) is 3.73. The summed E-state index contributed by atoms with van der Waals surface area (Å²) in [5.74, 6) is 0.517. The second-order valence-corrected chi connectivity index (χ2v) is 11.1. The smallest absolute Gasteiger partial charge is 0.338 e. The van der Waals surface area contributed by atoms with Crippen LogP contribution in [0.2, 0.25) is 10.0 Å². The van der Waals surface area contributed by atoms with Gasteiger partial charge in [0.15, 0.2) is 4.80 Å². The molecule has 0 N–H and O–H groups in total. The molecule has 0 fully saturated rings. The first kappa shape index (κ1) is 26.6. The molecule has 0 bridgehead atoms. The molecule has 1 atom stereocenters. The van der Waals surface area contributed by atoms with E-state index in [1.54, 1.807) is 66.6 Å². The fourth-order valence-corrected chi connectivity index (χ4v) is 6.10. The first-order valence-corrected chi connectivity index (χ1v) is 14.5. The van der Waals surface area contributed by atoms with E-state index in [-0.39, 0.29) is 12.2 Å². The topological polar surface area (TPSA) is 73.8 Å². The zero-order valence-corrected chi connectivity index (χ0v) is 23.8. The Morgan fingerprint density at radius 1 is 1.18 bits per heavy atom. The van der Waals surface area contributed by atoms with Crippen molar-refractivity contribution in [1.82, 2.24) is 4.57 Å².